The predicted octanol–water partition coefficient (Wildman–Crippen LogP) is 26.0. The summed E-state index contributed by atoms with van der Waals surface area (Å²) in [5.74, 6) is 0. The molecule has 10 aromatic rings. The Morgan fingerprint density at radius 1 is 0.475 bits per heavy atom. The molecule has 5 aliphatic heterocycles. The van der Waals surface area contributed by atoms with Crippen molar-refractivity contribution in [3.63, 3.8) is 0 Å². The number of fused-ring (bicyclic) bond motifs is 6. The third kappa shape index (κ3) is 26.0. The Kier molecular flexibility index (Phi) is 33.8. The van der Waals surface area contributed by atoms with E-state index in [4.69, 9.17) is 53.4 Å². The summed E-state index contributed by atoms with van der Waals surface area (Å²) in [6.45, 7) is 24.9. The number of anilines is 4. The smallest absolute Gasteiger partial charge is 0.112 e. The van der Waals surface area contributed by atoms with E-state index >= 15 is 0 Å². The number of allylic oxidation sites excluding steroid dienone is 21. The number of thiazole rings is 1. The number of hydrogen-bond acceptors (Lipinski definition) is 11. The van der Waals surface area contributed by atoms with Crippen LogP contribution in [0.2, 0.25) is 10.0 Å². The Balaban J connectivity index is 0.000000174. The number of para-hydroxylation sites is 6. The van der Waals surface area contributed by atoms with Gasteiger partial charge in [0.1, 0.15) is 18.3 Å². The summed E-state index contributed by atoms with van der Waals surface area (Å²) in [5.41, 5.74) is 29.2. The number of halogens is 14. The van der Waals surface area contributed by atoms with Crippen LogP contribution in [0.4, 0.5) is 77.9 Å². The van der Waals surface area contributed by atoms with Crippen LogP contribution >= 0.6 is 77.5 Å². The molecule has 11 nitrogen and oxygen atoms in total. The average Bonchev–Trinajstić information content (AvgIpc) is 1.58. The summed E-state index contributed by atoms with van der Waals surface area (Å²) in [6, 6.07) is 79.6. The largest absolute Gasteiger partial charge is 1.00 e. The minimum absolute atomic E-state index is 0. The molecular formula is C109H111BCl4F10N7O4PS3. The third-order valence-electron chi connectivity index (χ3n) is 25.8. The van der Waals surface area contributed by atoms with Gasteiger partial charge in [0, 0.05) is 173 Å². The second kappa shape index (κ2) is 43.7. The summed E-state index contributed by atoms with van der Waals surface area (Å²) in [5, 5.41) is 5.02. The van der Waals surface area contributed by atoms with E-state index in [-0.39, 0.29) is 26.4 Å². The van der Waals surface area contributed by atoms with Crippen molar-refractivity contribution >= 4 is 153 Å². The number of hydrogen-bond donors (Lipinski definition) is 0. The van der Waals surface area contributed by atoms with Gasteiger partial charge in [0.2, 0.25) is 28.3 Å². The van der Waals surface area contributed by atoms with E-state index in [0.717, 1.165) is 84.5 Å². The first-order chi connectivity index (χ1) is 65.0. The van der Waals surface area contributed by atoms with Gasteiger partial charge < -0.3 is 24.3 Å². The molecule has 0 N–H and O–H groups in total. The minimum Gasteiger partial charge on any atom is -1.00 e. The first-order valence-corrected chi connectivity index (χ1v) is 52.2. The molecule has 1 aromatic heterocycles. The number of nitrogens with zero attached hydrogens (tertiary/aromatic N) is 7. The van der Waals surface area contributed by atoms with E-state index in [1.165, 1.54) is 154 Å². The summed E-state index contributed by atoms with van der Waals surface area (Å²) in [6.07, 6.45) is 36.4. The summed E-state index contributed by atoms with van der Waals surface area (Å²) < 4.78 is 131. The fourth-order valence-corrected chi connectivity index (χ4v) is 23.1. The van der Waals surface area contributed by atoms with Crippen LogP contribution in [-0.2, 0) is 28.7 Å². The van der Waals surface area contributed by atoms with Gasteiger partial charge in [-0.05, 0) is 215 Å². The van der Waals surface area contributed by atoms with Gasteiger partial charge in [-0.3, -0.25) is 12.9 Å². The summed E-state index contributed by atoms with van der Waals surface area (Å²) in [7, 11) is -10.6. The van der Waals surface area contributed by atoms with Crippen LogP contribution in [0.15, 0.2) is 367 Å². The number of benzene rings is 9. The van der Waals surface area contributed by atoms with E-state index in [9.17, 15) is 38.1 Å². The molecule has 0 amide bonds. The van der Waals surface area contributed by atoms with Crippen molar-refractivity contribution in [3.8, 4) is 0 Å². The van der Waals surface area contributed by atoms with E-state index in [1.807, 2.05) is 47.0 Å². The fourth-order valence-electron chi connectivity index (χ4n) is 19.2. The van der Waals surface area contributed by atoms with Crippen molar-refractivity contribution in [2.24, 2.45) is 7.05 Å². The normalized spacial score (nSPS) is 19.9. The standard InChI is InChI=1S/C43H42Cl2N3.C34H40ClN2.C32H29N2S3.BF3.ClHO4.F6P.FH/c1-42(2)35-27-31(44)21-23-37(35)46(5)39(42)25-19-29-17-18-30(20-26-40-43(3,4)36-28-32(45)22-24-38(36)47(40)6)41(29)48(33-13-9-7-10-14-33)34-15-11-8-12-16-34;1-7-36-28-18-11-9-16-26(28)33(3,4)30(36)22-20-24-14-13-15-25(32(24)35)21-23-31-34(5,6)27-17-10-12-19-29(27)37(31)8-2;1-33-26-15-6-8-17-28(26)36-30(33)21-19-23-11-10-12-24(32(23)35-25-13-4-3-5-14-25)20-22-31-34(2)27-16-7-9-18-29(27)37-31;2-1(3)4;2-1(3,4)5;1-7(2,3,4,5)6;/h7-16,19-28H,17-18H2,1-6H3;9-12,16-23H,7-8,13-15H2,1-6H3;3-9,13-22H,10-12H2,1-2H3;;(H,2,3,4,5);;1H/q3*+1;;;-1;/p-2. The van der Waals surface area contributed by atoms with Crippen LogP contribution < -0.4 is 52.1 Å². The van der Waals surface area contributed by atoms with Crippen LogP contribution in [0, 0.1) is 10.2 Å². The molecule has 8 aliphatic rings. The molecule has 30 heteroatoms. The van der Waals surface area contributed by atoms with Crippen LogP contribution in [-0.4, -0.2) is 57.8 Å². The average molecular weight is 2050 g/mol. The van der Waals surface area contributed by atoms with Gasteiger partial charge in [-0.2, -0.15) is 13.7 Å². The third-order valence-corrected chi connectivity index (χ3v) is 30.4. The Labute approximate surface area is 838 Å². The van der Waals surface area contributed by atoms with Gasteiger partial charge in [-0.15, -0.1) is 10.2 Å². The zero-order chi connectivity index (χ0) is 99.8. The molecule has 0 saturated heterocycles. The van der Waals surface area contributed by atoms with Crippen molar-refractivity contribution in [1.29, 1.82) is 0 Å². The van der Waals surface area contributed by atoms with Crippen LogP contribution in [0.25, 0.3) is 16.3 Å². The zero-order valence-electron chi connectivity index (χ0n) is 79.7. The summed E-state index contributed by atoms with van der Waals surface area (Å²) >= 11 is 25.6. The summed E-state index contributed by atoms with van der Waals surface area (Å²) in [4.78, 5) is 13.4. The van der Waals surface area contributed by atoms with E-state index in [2.05, 4.69) is 416 Å². The Morgan fingerprint density at radius 2 is 0.921 bits per heavy atom. The van der Waals surface area contributed by atoms with Crippen LogP contribution in [0.3, 0.4) is 0 Å². The fraction of sp³-hybridized carbons (Fsp3) is 0.257. The van der Waals surface area contributed by atoms with Crippen molar-refractivity contribution in [1.82, 2.24) is 4.58 Å². The number of likely N-dealkylation sites (N-methyl/N-ethyl adjacent to an activating group) is 3. The molecule has 0 bridgehead atoms. The molecule has 1 fully saturated rings. The number of thioether (sulfide) groups is 2. The second-order valence-corrected chi connectivity index (χ2v) is 43.4. The molecule has 1 saturated carbocycles. The van der Waals surface area contributed by atoms with Gasteiger partial charge in [-0.1, -0.05) is 263 Å². The SMILES string of the molecule is CCN1C(=CC=C2CCCC(C=CC3=[N+](CC)c4ccccc4C3(C)C)=C2Cl)C(C)(C)c2ccccc21.CN1C(=CC=C2CC/C(=C\C=C3\N(C)c4ccc(Cl)cc4C3(C)C)C2=[N+](c2ccccc2)c2ccccc2)C(C)(C)c2cc(Cl)ccc21.CN1C(=CC=C2CCCC(C=Cc3sc4ccccc4[n+]3C)=C2Sc2ccccc2)Sc2ccccc21.FB(F)F.F[P-](F)(F)(F)(F)F.[F-].[O-][Cl+3]([O-])([O-])[O-]. The first kappa shape index (κ1) is 108. The molecular weight excluding hydrogens is 1940 g/mol. The number of aryl methyl sites for hydroxylation is 1. The molecule has 3 aliphatic carbocycles. The monoisotopic (exact) mass is 2050 g/mol. The van der Waals surface area contributed by atoms with Crippen molar-refractivity contribution in [3.05, 3.63) is 394 Å². The molecule has 0 unspecified atom stereocenters. The Hall–Kier alpha value is -10.2. The Morgan fingerprint density at radius 3 is 1.45 bits per heavy atom. The molecule has 139 heavy (non-hydrogen) atoms. The maximum absolute atomic E-state index is 10.7. The molecule has 0 atom stereocenters. The topological polar surface area (TPSA) is 115 Å². The quantitative estimate of drug-likeness (QED) is 0.0451. The van der Waals surface area contributed by atoms with Crippen molar-refractivity contribution < 1.29 is 80.9 Å². The van der Waals surface area contributed by atoms with Crippen molar-refractivity contribution in [2.75, 3.05) is 53.8 Å². The predicted molar refractivity (Wildman–Crippen MR) is 551 cm³/mol. The molecule has 6 heterocycles. The van der Waals surface area contributed by atoms with Gasteiger partial charge in [0.05, 0.1) is 16.1 Å². The number of aromatic nitrogens is 1. The van der Waals surface area contributed by atoms with Gasteiger partial charge >= 0.3 is 40.5 Å². The van der Waals surface area contributed by atoms with E-state index < -0.39 is 25.6 Å². The molecule has 0 spiro atoms. The molecule has 18 rings (SSSR count). The van der Waals surface area contributed by atoms with Crippen LogP contribution in [0.1, 0.15) is 148 Å². The van der Waals surface area contributed by atoms with Gasteiger partial charge in [0.25, 0.3) is 5.01 Å². The number of rotatable bonds is 14. The maximum atomic E-state index is 9.87. The molecule has 730 valence electrons. The molecule has 0 radical (unpaired) electrons. The maximum Gasteiger partial charge on any atom is -0.112 e. The Bertz CT molecular complexity index is 6560. The van der Waals surface area contributed by atoms with E-state index in [0.29, 0.717) is 0 Å². The van der Waals surface area contributed by atoms with Gasteiger partial charge in [-0.25, -0.2) is 18.6 Å². The van der Waals surface area contributed by atoms with Crippen LogP contribution in [0.5, 0.6) is 0 Å². The first-order valence-electron chi connectivity index (χ1n) is 45.4. The van der Waals surface area contributed by atoms with Gasteiger partial charge in [0.15, 0.2) is 5.71 Å². The minimum atomic E-state index is -10.7. The zero-order valence-corrected chi connectivity index (χ0v) is 86.0. The second-order valence-electron chi connectivity index (χ2n) is 36.3. The molecule has 9 aromatic carbocycles. The van der Waals surface area contributed by atoms with E-state index in [1.54, 1.807) is 0 Å². The van der Waals surface area contributed by atoms with Crippen molar-refractivity contribution in [2.45, 2.75) is 152 Å².